The van der Waals surface area contributed by atoms with Gasteiger partial charge in [-0.25, -0.2) is 9.66 Å². The topological polar surface area (TPSA) is 43.8 Å². The maximum absolute atomic E-state index is 11.9. The number of hydrogen-bond donors (Lipinski definition) is 1. The van der Waals surface area contributed by atoms with Crippen molar-refractivity contribution in [2.75, 3.05) is 5.84 Å². The van der Waals surface area contributed by atoms with Crippen LogP contribution < -0.4 is 5.84 Å². The van der Waals surface area contributed by atoms with Crippen LogP contribution >= 0.6 is 0 Å². The van der Waals surface area contributed by atoms with Crippen LogP contribution in [0.3, 0.4) is 0 Å². The zero-order valence-corrected chi connectivity index (χ0v) is 5.68. The fourth-order valence-electron chi connectivity index (χ4n) is 0.656. The van der Waals surface area contributed by atoms with Crippen molar-refractivity contribution in [1.29, 1.82) is 0 Å². The average molecular weight is 165 g/mol. The number of hydrogen-bond acceptors (Lipinski definition) is 2. The van der Waals surface area contributed by atoms with Crippen LogP contribution in [-0.4, -0.2) is 9.66 Å². The summed E-state index contributed by atoms with van der Waals surface area (Å²) in [6.45, 7) is 1.45. The highest BCUT2D eigenvalue weighted by Gasteiger charge is 2.36. The minimum absolute atomic E-state index is 0.275. The zero-order valence-electron chi connectivity index (χ0n) is 5.68. The number of nitrogen functional groups attached to an aromatic ring is 1. The van der Waals surface area contributed by atoms with E-state index in [4.69, 9.17) is 5.84 Å². The van der Waals surface area contributed by atoms with Crippen molar-refractivity contribution >= 4 is 0 Å². The quantitative estimate of drug-likeness (QED) is 0.581. The fourth-order valence-corrected chi connectivity index (χ4v) is 0.656. The van der Waals surface area contributed by atoms with Gasteiger partial charge in [0.15, 0.2) is 0 Å². The van der Waals surface area contributed by atoms with Crippen LogP contribution in [0.5, 0.6) is 0 Å². The molecule has 1 aromatic rings. The number of aromatic nitrogens is 2. The Labute approximate surface area is 60.6 Å². The maximum Gasteiger partial charge on any atom is 0.451 e. The fraction of sp³-hybridized carbons (Fsp3) is 0.400. The molecule has 0 radical (unpaired) electrons. The minimum Gasteiger partial charge on any atom is -0.337 e. The lowest BCUT2D eigenvalue weighted by Gasteiger charge is -2.05. The van der Waals surface area contributed by atoms with Gasteiger partial charge in [0.05, 0.1) is 11.9 Å². The van der Waals surface area contributed by atoms with E-state index < -0.39 is 12.0 Å². The van der Waals surface area contributed by atoms with Crippen LogP contribution in [-0.2, 0) is 6.18 Å². The maximum atomic E-state index is 11.9. The van der Waals surface area contributed by atoms with Gasteiger partial charge in [0, 0.05) is 0 Å². The van der Waals surface area contributed by atoms with Gasteiger partial charge in [-0.1, -0.05) is 0 Å². The third-order valence-corrected chi connectivity index (χ3v) is 1.24. The molecule has 6 heteroatoms. The highest BCUT2D eigenvalue weighted by atomic mass is 19.4. The van der Waals surface area contributed by atoms with Crippen molar-refractivity contribution in [3.8, 4) is 0 Å². The van der Waals surface area contributed by atoms with Gasteiger partial charge in [-0.15, -0.1) is 0 Å². The first-order valence-corrected chi connectivity index (χ1v) is 2.79. The molecule has 0 aromatic carbocycles. The molecule has 2 N–H and O–H groups in total. The number of imidazole rings is 1. The molecule has 11 heavy (non-hydrogen) atoms. The van der Waals surface area contributed by atoms with Gasteiger partial charge in [-0.2, -0.15) is 13.2 Å². The summed E-state index contributed by atoms with van der Waals surface area (Å²) in [7, 11) is 0. The van der Waals surface area contributed by atoms with Crippen LogP contribution in [0.4, 0.5) is 13.2 Å². The number of halogens is 3. The Hall–Kier alpha value is -1.20. The molecule has 62 valence electrons. The van der Waals surface area contributed by atoms with Crippen molar-refractivity contribution in [3.63, 3.8) is 0 Å². The Morgan fingerprint density at radius 3 is 2.27 bits per heavy atom. The van der Waals surface area contributed by atoms with E-state index in [0.29, 0.717) is 4.68 Å². The molecule has 1 heterocycles. The van der Waals surface area contributed by atoms with Gasteiger partial charge >= 0.3 is 6.18 Å². The molecule has 0 aliphatic heterocycles. The lowest BCUT2D eigenvalue weighted by atomic mass is 10.5. The molecule has 0 saturated carbocycles. The van der Waals surface area contributed by atoms with Crippen molar-refractivity contribution in [2.45, 2.75) is 13.1 Å². The van der Waals surface area contributed by atoms with Crippen LogP contribution in [0.25, 0.3) is 0 Å². The SMILES string of the molecule is Cc1cnc(C(F)(F)F)n1N. The Balaban J connectivity index is 3.15. The number of nitrogens with two attached hydrogens (primary N) is 1. The molecule has 0 bridgehead atoms. The van der Waals surface area contributed by atoms with Crippen LogP contribution in [0, 0.1) is 6.92 Å². The first-order valence-electron chi connectivity index (χ1n) is 2.79. The Morgan fingerprint density at radius 1 is 1.55 bits per heavy atom. The summed E-state index contributed by atoms with van der Waals surface area (Å²) in [4.78, 5) is 3.10. The van der Waals surface area contributed by atoms with E-state index in [1.54, 1.807) is 0 Å². The second-order valence-electron chi connectivity index (χ2n) is 2.09. The number of nitrogens with zero attached hydrogens (tertiary/aromatic N) is 2. The van der Waals surface area contributed by atoms with Crippen molar-refractivity contribution in [3.05, 3.63) is 17.7 Å². The summed E-state index contributed by atoms with van der Waals surface area (Å²) in [5.41, 5.74) is 0.275. The molecular formula is C5H6F3N3. The second kappa shape index (κ2) is 2.14. The summed E-state index contributed by atoms with van der Waals surface area (Å²) in [5.74, 6) is 3.95. The second-order valence-corrected chi connectivity index (χ2v) is 2.09. The zero-order chi connectivity index (χ0) is 8.65. The monoisotopic (exact) mass is 165 g/mol. The predicted molar refractivity (Wildman–Crippen MR) is 32.1 cm³/mol. The molecule has 0 aliphatic carbocycles. The van der Waals surface area contributed by atoms with Crippen molar-refractivity contribution < 1.29 is 13.2 Å². The van der Waals surface area contributed by atoms with Gasteiger partial charge in [0.25, 0.3) is 0 Å². The van der Waals surface area contributed by atoms with E-state index >= 15 is 0 Å². The third-order valence-electron chi connectivity index (χ3n) is 1.24. The molecule has 0 amide bonds. The van der Waals surface area contributed by atoms with Gasteiger partial charge in [0.1, 0.15) is 0 Å². The van der Waals surface area contributed by atoms with E-state index in [2.05, 4.69) is 4.98 Å². The normalized spacial score (nSPS) is 12.0. The molecular weight excluding hydrogens is 159 g/mol. The van der Waals surface area contributed by atoms with Crippen LogP contribution in [0.15, 0.2) is 6.20 Å². The molecule has 0 atom stereocenters. The van der Waals surface area contributed by atoms with Crippen molar-refractivity contribution in [1.82, 2.24) is 9.66 Å². The summed E-state index contributed by atoms with van der Waals surface area (Å²) < 4.78 is 36.2. The van der Waals surface area contributed by atoms with Gasteiger partial charge < -0.3 is 5.84 Å². The molecule has 0 spiro atoms. The van der Waals surface area contributed by atoms with Crippen LogP contribution in [0.1, 0.15) is 11.5 Å². The summed E-state index contributed by atoms with van der Waals surface area (Å²) in [5, 5.41) is 0. The predicted octanol–water partition coefficient (Wildman–Crippen LogP) is 0.924. The first-order chi connectivity index (χ1) is 4.93. The summed E-state index contributed by atoms with van der Waals surface area (Å²) >= 11 is 0. The minimum atomic E-state index is -4.47. The average Bonchev–Trinajstić information content (AvgIpc) is 2.11. The molecule has 0 saturated heterocycles. The number of alkyl halides is 3. The Morgan fingerprint density at radius 2 is 2.09 bits per heavy atom. The highest BCUT2D eigenvalue weighted by molar-refractivity contribution is 5.05. The summed E-state index contributed by atoms with van der Waals surface area (Å²) in [6, 6.07) is 0. The van der Waals surface area contributed by atoms with Gasteiger partial charge in [-0.3, -0.25) is 0 Å². The number of rotatable bonds is 0. The third kappa shape index (κ3) is 1.28. The molecule has 1 rings (SSSR count). The smallest absolute Gasteiger partial charge is 0.337 e. The molecule has 1 aromatic heterocycles. The van der Waals surface area contributed by atoms with Gasteiger partial charge in [0.2, 0.25) is 5.82 Å². The Bertz CT molecular complexity index is 262. The van der Waals surface area contributed by atoms with E-state index in [9.17, 15) is 13.2 Å². The molecule has 0 aliphatic rings. The van der Waals surface area contributed by atoms with Gasteiger partial charge in [-0.05, 0) is 6.92 Å². The van der Waals surface area contributed by atoms with E-state index in [0.717, 1.165) is 6.20 Å². The van der Waals surface area contributed by atoms with Crippen LogP contribution in [0.2, 0.25) is 0 Å². The lowest BCUT2D eigenvalue weighted by molar-refractivity contribution is -0.146. The first kappa shape index (κ1) is 7.90. The van der Waals surface area contributed by atoms with E-state index in [1.807, 2.05) is 0 Å². The Kier molecular flexibility index (Phi) is 1.54. The summed E-state index contributed by atoms with van der Waals surface area (Å²) in [6.07, 6.45) is -3.40. The molecule has 0 fully saturated rings. The van der Waals surface area contributed by atoms with E-state index in [1.165, 1.54) is 6.92 Å². The largest absolute Gasteiger partial charge is 0.451 e. The standard InChI is InChI=1S/C5H6F3N3/c1-3-2-10-4(11(3)9)5(6,7)8/h2H,9H2,1H3. The highest BCUT2D eigenvalue weighted by Crippen LogP contribution is 2.27. The lowest BCUT2D eigenvalue weighted by Crippen LogP contribution is -2.21. The molecule has 3 nitrogen and oxygen atoms in total. The molecule has 0 unspecified atom stereocenters. The van der Waals surface area contributed by atoms with Crippen molar-refractivity contribution in [2.24, 2.45) is 0 Å². The van der Waals surface area contributed by atoms with E-state index in [-0.39, 0.29) is 5.69 Å². The number of aryl methyl sites for hydroxylation is 1.